The minimum absolute atomic E-state index is 0.540. The van der Waals surface area contributed by atoms with Crippen LogP contribution in [-0.4, -0.2) is 71.6 Å². The highest BCUT2D eigenvalue weighted by Gasteiger charge is 2.14. The summed E-state index contributed by atoms with van der Waals surface area (Å²) in [5, 5.41) is 15.4. The standard InChI is InChI=1S/C21H39N7O/c1-18-25-26-20(27(18)2)17-24-21(22-10-5-9-19-7-3-4-8-19)23-11-6-12-28-13-15-29-16-14-28/h19H,3-17H2,1-2H3,(H2,22,23,24). The maximum atomic E-state index is 5.42. The molecule has 0 bridgehead atoms. The Morgan fingerprint density at radius 3 is 2.52 bits per heavy atom. The van der Waals surface area contributed by atoms with Crippen LogP contribution in [0.25, 0.3) is 0 Å². The maximum Gasteiger partial charge on any atom is 0.191 e. The smallest absolute Gasteiger partial charge is 0.191 e. The zero-order valence-corrected chi connectivity index (χ0v) is 18.3. The van der Waals surface area contributed by atoms with E-state index in [1.54, 1.807) is 0 Å². The molecule has 1 aromatic rings. The van der Waals surface area contributed by atoms with Crippen LogP contribution >= 0.6 is 0 Å². The van der Waals surface area contributed by atoms with Gasteiger partial charge in [0, 0.05) is 33.2 Å². The molecule has 8 heteroatoms. The molecule has 0 unspecified atom stereocenters. The molecular formula is C21H39N7O. The van der Waals surface area contributed by atoms with Crippen molar-refractivity contribution in [2.75, 3.05) is 45.9 Å². The number of aromatic nitrogens is 3. The summed E-state index contributed by atoms with van der Waals surface area (Å²) in [6.07, 6.45) is 9.34. The summed E-state index contributed by atoms with van der Waals surface area (Å²) < 4.78 is 7.42. The zero-order chi connectivity index (χ0) is 20.3. The van der Waals surface area contributed by atoms with Crippen LogP contribution in [-0.2, 0) is 18.3 Å². The molecule has 2 aliphatic rings. The van der Waals surface area contributed by atoms with E-state index in [0.29, 0.717) is 6.54 Å². The van der Waals surface area contributed by atoms with Crippen LogP contribution in [0, 0.1) is 12.8 Å². The lowest BCUT2D eigenvalue weighted by molar-refractivity contribution is 0.0376. The number of rotatable bonds is 10. The molecule has 2 N–H and O–H groups in total. The van der Waals surface area contributed by atoms with Gasteiger partial charge in [0.25, 0.3) is 0 Å². The van der Waals surface area contributed by atoms with Crippen molar-refractivity contribution in [3.8, 4) is 0 Å². The van der Waals surface area contributed by atoms with Gasteiger partial charge in [-0.3, -0.25) is 4.90 Å². The van der Waals surface area contributed by atoms with E-state index in [4.69, 9.17) is 9.73 Å². The molecule has 1 saturated heterocycles. The second-order valence-corrected chi connectivity index (χ2v) is 8.34. The number of hydrogen-bond donors (Lipinski definition) is 2. The van der Waals surface area contributed by atoms with Crippen LogP contribution in [0.5, 0.6) is 0 Å². The van der Waals surface area contributed by atoms with Crippen LogP contribution in [0.1, 0.15) is 56.6 Å². The summed E-state index contributed by atoms with van der Waals surface area (Å²) in [6, 6.07) is 0. The maximum absolute atomic E-state index is 5.42. The fraction of sp³-hybridized carbons (Fsp3) is 0.857. The summed E-state index contributed by atoms with van der Waals surface area (Å²) in [4.78, 5) is 7.23. The molecule has 8 nitrogen and oxygen atoms in total. The second kappa shape index (κ2) is 12.1. The molecule has 0 aromatic carbocycles. The summed E-state index contributed by atoms with van der Waals surface area (Å²) in [5.41, 5.74) is 0. The van der Waals surface area contributed by atoms with Crippen molar-refractivity contribution in [3.05, 3.63) is 11.6 Å². The predicted molar refractivity (Wildman–Crippen MR) is 116 cm³/mol. The molecule has 3 rings (SSSR count). The van der Waals surface area contributed by atoms with Crippen molar-refractivity contribution < 1.29 is 4.74 Å². The molecule has 0 radical (unpaired) electrons. The van der Waals surface area contributed by atoms with Gasteiger partial charge in [-0.1, -0.05) is 25.7 Å². The third-order valence-corrected chi connectivity index (χ3v) is 6.16. The van der Waals surface area contributed by atoms with Crippen molar-refractivity contribution in [1.29, 1.82) is 0 Å². The van der Waals surface area contributed by atoms with E-state index in [1.807, 2.05) is 18.5 Å². The fourth-order valence-electron chi connectivity index (χ4n) is 4.14. The molecule has 0 atom stereocenters. The van der Waals surface area contributed by atoms with Gasteiger partial charge in [-0.25, -0.2) is 4.99 Å². The van der Waals surface area contributed by atoms with Gasteiger partial charge in [-0.2, -0.15) is 0 Å². The summed E-state index contributed by atoms with van der Waals surface area (Å²) in [5.74, 6) is 3.64. The summed E-state index contributed by atoms with van der Waals surface area (Å²) in [6.45, 7) is 9.32. The number of aliphatic imine (C=N–C) groups is 1. The number of hydrogen-bond acceptors (Lipinski definition) is 5. The molecule has 1 saturated carbocycles. The van der Waals surface area contributed by atoms with Crippen LogP contribution in [0.2, 0.25) is 0 Å². The Morgan fingerprint density at radius 2 is 1.83 bits per heavy atom. The Morgan fingerprint density at radius 1 is 1.10 bits per heavy atom. The zero-order valence-electron chi connectivity index (χ0n) is 18.3. The first-order valence-electron chi connectivity index (χ1n) is 11.4. The van der Waals surface area contributed by atoms with E-state index in [1.165, 1.54) is 38.5 Å². The first-order valence-corrected chi connectivity index (χ1v) is 11.4. The molecule has 2 fully saturated rings. The Labute approximate surface area is 175 Å². The largest absolute Gasteiger partial charge is 0.379 e. The average Bonchev–Trinajstić information content (AvgIpc) is 3.37. The van der Waals surface area contributed by atoms with Crippen LogP contribution in [0.3, 0.4) is 0 Å². The predicted octanol–water partition coefficient (Wildman–Crippen LogP) is 1.85. The number of morpholine rings is 1. The Bertz CT molecular complexity index is 619. The molecule has 1 aliphatic heterocycles. The van der Waals surface area contributed by atoms with Crippen LogP contribution < -0.4 is 10.6 Å². The lowest BCUT2D eigenvalue weighted by atomic mass is 10.0. The molecule has 2 heterocycles. The highest BCUT2D eigenvalue weighted by Crippen LogP contribution is 2.28. The lowest BCUT2D eigenvalue weighted by Crippen LogP contribution is -2.41. The van der Waals surface area contributed by atoms with Crippen molar-refractivity contribution in [1.82, 2.24) is 30.3 Å². The first-order chi connectivity index (χ1) is 14.2. The molecule has 0 amide bonds. The van der Waals surface area contributed by atoms with Crippen molar-refractivity contribution in [2.45, 2.75) is 58.4 Å². The third-order valence-electron chi connectivity index (χ3n) is 6.16. The van der Waals surface area contributed by atoms with E-state index in [2.05, 4.69) is 25.7 Å². The lowest BCUT2D eigenvalue weighted by Gasteiger charge is -2.26. The molecular weight excluding hydrogens is 366 g/mol. The highest BCUT2D eigenvalue weighted by molar-refractivity contribution is 5.79. The van der Waals surface area contributed by atoms with E-state index < -0.39 is 0 Å². The quantitative estimate of drug-likeness (QED) is 0.351. The molecule has 1 aliphatic carbocycles. The van der Waals surface area contributed by atoms with Crippen molar-refractivity contribution in [2.24, 2.45) is 18.0 Å². The van der Waals surface area contributed by atoms with Gasteiger partial charge in [0.15, 0.2) is 11.8 Å². The first kappa shape index (κ1) is 22.0. The van der Waals surface area contributed by atoms with E-state index in [-0.39, 0.29) is 0 Å². The summed E-state index contributed by atoms with van der Waals surface area (Å²) >= 11 is 0. The van der Waals surface area contributed by atoms with Gasteiger partial charge < -0.3 is 19.9 Å². The van der Waals surface area contributed by atoms with Crippen LogP contribution in [0.4, 0.5) is 0 Å². The topological polar surface area (TPSA) is 79.6 Å². The molecule has 164 valence electrons. The Hall–Kier alpha value is -1.67. The highest BCUT2D eigenvalue weighted by atomic mass is 16.5. The molecule has 0 spiro atoms. The second-order valence-electron chi connectivity index (χ2n) is 8.34. The number of nitrogens with one attached hydrogen (secondary N) is 2. The van der Waals surface area contributed by atoms with Crippen molar-refractivity contribution >= 4 is 5.96 Å². The normalized spacial score (nSPS) is 19.0. The summed E-state index contributed by atoms with van der Waals surface area (Å²) in [7, 11) is 1.99. The number of nitrogens with zero attached hydrogens (tertiary/aromatic N) is 5. The minimum Gasteiger partial charge on any atom is -0.379 e. The van der Waals surface area contributed by atoms with E-state index in [9.17, 15) is 0 Å². The number of guanidine groups is 1. The Kier molecular flexibility index (Phi) is 9.21. The Balaban J connectivity index is 1.42. The van der Waals surface area contributed by atoms with E-state index in [0.717, 1.165) is 75.9 Å². The molecule has 1 aromatic heterocycles. The van der Waals surface area contributed by atoms with Gasteiger partial charge in [0.2, 0.25) is 0 Å². The fourth-order valence-corrected chi connectivity index (χ4v) is 4.14. The van der Waals surface area contributed by atoms with Gasteiger partial charge in [0.1, 0.15) is 12.4 Å². The van der Waals surface area contributed by atoms with Gasteiger partial charge in [-0.15, -0.1) is 10.2 Å². The minimum atomic E-state index is 0.540. The van der Waals surface area contributed by atoms with E-state index >= 15 is 0 Å². The van der Waals surface area contributed by atoms with Gasteiger partial charge in [0.05, 0.1) is 13.2 Å². The van der Waals surface area contributed by atoms with Crippen molar-refractivity contribution in [3.63, 3.8) is 0 Å². The SMILES string of the molecule is Cc1nnc(CN=C(NCCCC2CCCC2)NCCCN2CCOCC2)n1C. The monoisotopic (exact) mass is 405 g/mol. The van der Waals surface area contributed by atoms with Gasteiger partial charge in [-0.05, 0) is 38.6 Å². The number of ether oxygens (including phenoxy) is 1. The van der Waals surface area contributed by atoms with Crippen LogP contribution in [0.15, 0.2) is 4.99 Å². The third kappa shape index (κ3) is 7.59. The molecule has 29 heavy (non-hydrogen) atoms. The van der Waals surface area contributed by atoms with Gasteiger partial charge >= 0.3 is 0 Å². The number of aryl methyl sites for hydroxylation is 1. The average molecular weight is 406 g/mol.